The van der Waals surface area contributed by atoms with Gasteiger partial charge in [-0.05, 0) is 37.1 Å². The molecular weight excluding hydrogens is 456 g/mol. The van der Waals surface area contributed by atoms with Crippen molar-refractivity contribution >= 4 is 35.6 Å². The Labute approximate surface area is 179 Å². The van der Waals surface area contributed by atoms with E-state index >= 15 is 0 Å². The Morgan fingerprint density at radius 1 is 1.19 bits per heavy atom. The highest BCUT2D eigenvalue weighted by Crippen LogP contribution is 2.22. The minimum Gasteiger partial charge on any atom is -0.370 e. The molecule has 2 aliphatic rings. The van der Waals surface area contributed by atoms with Crippen molar-refractivity contribution in [3.63, 3.8) is 0 Å². The molecule has 3 N–H and O–H groups in total. The number of guanidine groups is 1. The van der Waals surface area contributed by atoms with Gasteiger partial charge in [0.2, 0.25) is 0 Å². The maximum absolute atomic E-state index is 14.6. The van der Waals surface area contributed by atoms with Gasteiger partial charge in [0, 0.05) is 32.2 Å². The molecule has 152 valence electrons. The number of benzene rings is 1. The molecule has 27 heavy (non-hydrogen) atoms. The third-order valence-electron chi connectivity index (χ3n) is 5.56. The molecule has 5 nitrogen and oxygen atoms in total. The second kappa shape index (κ2) is 11.0. The number of likely N-dealkylation sites (N-methyl/N-ethyl adjacent to an activating group) is 1. The summed E-state index contributed by atoms with van der Waals surface area (Å²) in [6.07, 6.45) is 6.14. The summed E-state index contributed by atoms with van der Waals surface area (Å²) in [5.41, 5.74) is 7.55. The monoisotopic (exact) mass is 489 g/mol. The number of aliphatic imine (C=N–C) groups is 1. The zero-order valence-electron chi connectivity index (χ0n) is 16.3. The van der Waals surface area contributed by atoms with Gasteiger partial charge in [-0.2, -0.15) is 0 Å². The number of hydrogen-bond acceptors (Lipinski definition) is 3. The lowest BCUT2D eigenvalue weighted by Gasteiger charge is -2.35. The predicted octanol–water partition coefficient (Wildman–Crippen LogP) is 3.32. The average Bonchev–Trinajstić information content (AvgIpc) is 2.67. The molecule has 2 fully saturated rings. The van der Waals surface area contributed by atoms with E-state index in [0.717, 1.165) is 51.1 Å². The molecule has 1 saturated carbocycles. The summed E-state index contributed by atoms with van der Waals surface area (Å²) in [6, 6.07) is 5.88. The number of nitrogens with two attached hydrogens (primary N) is 1. The standard InChI is InChI=1S/C20H32FN5.HI/c1-2-25-10-12-26(13-11-25)19-9-8-16(14-18(19)21)15-23-20(22)24-17-6-4-3-5-7-17;/h8-9,14,17H,2-7,10-13,15H2,1H3,(H3,22,23,24);1H. The molecule has 7 heteroatoms. The van der Waals surface area contributed by atoms with Crippen LogP contribution >= 0.6 is 24.0 Å². The van der Waals surface area contributed by atoms with Crippen molar-refractivity contribution in [2.75, 3.05) is 37.6 Å². The van der Waals surface area contributed by atoms with Gasteiger partial charge in [-0.25, -0.2) is 9.38 Å². The first kappa shape index (κ1) is 22.2. The molecule has 1 aliphatic carbocycles. The summed E-state index contributed by atoms with van der Waals surface area (Å²) >= 11 is 0. The summed E-state index contributed by atoms with van der Waals surface area (Å²) < 4.78 is 14.6. The van der Waals surface area contributed by atoms with Crippen molar-refractivity contribution in [3.05, 3.63) is 29.6 Å². The molecule has 1 saturated heterocycles. The molecule has 0 atom stereocenters. The molecule has 1 aromatic carbocycles. The molecule has 1 aromatic rings. The quantitative estimate of drug-likeness (QED) is 0.379. The Bertz CT molecular complexity index is 610. The maximum atomic E-state index is 14.6. The highest BCUT2D eigenvalue weighted by Gasteiger charge is 2.18. The number of nitrogens with one attached hydrogen (secondary N) is 1. The summed E-state index contributed by atoms with van der Waals surface area (Å²) in [5, 5.41) is 3.30. The van der Waals surface area contributed by atoms with Crippen LogP contribution in [0.5, 0.6) is 0 Å². The van der Waals surface area contributed by atoms with Crippen molar-refractivity contribution < 1.29 is 4.39 Å². The summed E-state index contributed by atoms with van der Waals surface area (Å²) in [4.78, 5) is 8.91. The second-order valence-corrected chi connectivity index (χ2v) is 7.39. The lowest BCUT2D eigenvalue weighted by molar-refractivity contribution is 0.270. The van der Waals surface area contributed by atoms with E-state index in [4.69, 9.17) is 5.73 Å². The van der Waals surface area contributed by atoms with Gasteiger partial charge in [0.05, 0.1) is 12.2 Å². The van der Waals surface area contributed by atoms with Crippen LogP contribution in [-0.2, 0) is 6.54 Å². The van der Waals surface area contributed by atoms with E-state index in [9.17, 15) is 4.39 Å². The summed E-state index contributed by atoms with van der Waals surface area (Å²) in [6.45, 7) is 7.37. The van der Waals surface area contributed by atoms with Crippen LogP contribution < -0.4 is 16.0 Å². The first-order valence-electron chi connectivity index (χ1n) is 9.98. The van der Waals surface area contributed by atoms with E-state index in [1.54, 1.807) is 6.07 Å². The van der Waals surface area contributed by atoms with E-state index in [-0.39, 0.29) is 29.8 Å². The van der Waals surface area contributed by atoms with E-state index in [1.165, 1.54) is 19.3 Å². The van der Waals surface area contributed by atoms with Crippen LogP contribution in [0.15, 0.2) is 23.2 Å². The van der Waals surface area contributed by atoms with Gasteiger partial charge in [-0.1, -0.05) is 32.3 Å². The number of hydrogen-bond donors (Lipinski definition) is 2. The van der Waals surface area contributed by atoms with E-state index in [2.05, 4.69) is 27.0 Å². The van der Waals surface area contributed by atoms with Gasteiger partial charge >= 0.3 is 0 Å². The molecule has 0 aromatic heterocycles. The van der Waals surface area contributed by atoms with Crippen molar-refractivity contribution in [1.82, 2.24) is 10.2 Å². The number of nitrogens with zero attached hydrogens (tertiary/aromatic N) is 3. The zero-order chi connectivity index (χ0) is 18.4. The normalized spacial score (nSPS) is 19.6. The van der Waals surface area contributed by atoms with E-state index in [0.29, 0.717) is 24.2 Å². The van der Waals surface area contributed by atoms with Crippen LogP contribution in [0.25, 0.3) is 0 Å². The smallest absolute Gasteiger partial charge is 0.189 e. The number of anilines is 1. The third kappa shape index (κ3) is 6.48. The maximum Gasteiger partial charge on any atom is 0.189 e. The molecular formula is C20H33FIN5. The van der Waals surface area contributed by atoms with Gasteiger partial charge in [0.1, 0.15) is 5.82 Å². The molecule has 1 heterocycles. The van der Waals surface area contributed by atoms with Gasteiger partial charge < -0.3 is 20.9 Å². The van der Waals surface area contributed by atoms with Crippen LogP contribution in [0.1, 0.15) is 44.6 Å². The van der Waals surface area contributed by atoms with Gasteiger partial charge in [-0.15, -0.1) is 24.0 Å². The fourth-order valence-electron chi connectivity index (χ4n) is 3.89. The highest BCUT2D eigenvalue weighted by atomic mass is 127. The van der Waals surface area contributed by atoms with Crippen LogP contribution in [0.4, 0.5) is 10.1 Å². The van der Waals surface area contributed by atoms with Crippen molar-refractivity contribution in [1.29, 1.82) is 0 Å². The molecule has 0 radical (unpaired) electrons. The predicted molar refractivity (Wildman–Crippen MR) is 121 cm³/mol. The Kier molecular flexibility index (Phi) is 9.08. The largest absolute Gasteiger partial charge is 0.370 e. The Morgan fingerprint density at radius 3 is 2.52 bits per heavy atom. The minimum atomic E-state index is -0.165. The first-order chi connectivity index (χ1) is 12.7. The number of halogens is 2. The lowest BCUT2D eigenvalue weighted by Crippen LogP contribution is -2.46. The van der Waals surface area contributed by atoms with Crippen LogP contribution in [0.3, 0.4) is 0 Å². The van der Waals surface area contributed by atoms with E-state index in [1.807, 2.05) is 12.1 Å². The number of rotatable bonds is 5. The third-order valence-corrected chi connectivity index (χ3v) is 5.56. The van der Waals surface area contributed by atoms with Gasteiger partial charge in [-0.3, -0.25) is 0 Å². The topological polar surface area (TPSA) is 56.9 Å². The molecule has 0 spiro atoms. The second-order valence-electron chi connectivity index (χ2n) is 7.39. The van der Waals surface area contributed by atoms with Crippen molar-refractivity contribution in [2.24, 2.45) is 10.7 Å². The SMILES string of the molecule is CCN1CCN(c2ccc(CN=C(N)NC3CCCCC3)cc2F)CC1.I. The van der Waals surface area contributed by atoms with Crippen LogP contribution in [0, 0.1) is 5.82 Å². The van der Waals surface area contributed by atoms with Gasteiger partial charge in [0.15, 0.2) is 5.96 Å². The first-order valence-corrected chi connectivity index (χ1v) is 9.98. The van der Waals surface area contributed by atoms with Gasteiger partial charge in [0.25, 0.3) is 0 Å². The highest BCUT2D eigenvalue weighted by molar-refractivity contribution is 14.0. The fourth-order valence-corrected chi connectivity index (χ4v) is 3.89. The van der Waals surface area contributed by atoms with Crippen molar-refractivity contribution in [2.45, 2.75) is 51.6 Å². The van der Waals surface area contributed by atoms with E-state index < -0.39 is 0 Å². The Hall–Kier alpha value is -1.09. The molecule has 1 aliphatic heterocycles. The van der Waals surface area contributed by atoms with Crippen molar-refractivity contribution in [3.8, 4) is 0 Å². The number of piperazine rings is 1. The van der Waals surface area contributed by atoms with Crippen LogP contribution in [0.2, 0.25) is 0 Å². The molecule has 0 amide bonds. The average molecular weight is 489 g/mol. The van der Waals surface area contributed by atoms with Crippen LogP contribution in [-0.4, -0.2) is 49.6 Å². The summed E-state index contributed by atoms with van der Waals surface area (Å²) in [7, 11) is 0. The fraction of sp³-hybridized carbons (Fsp3) is 0.650. The minimum absolute atomic E-state index is 0. The Balaban J connectivity index is 0.00000261. The molecule has 3 rings (SSSR count). The molecule has 0 bridgehead atoms. The lowest BCUT2D eigenvalue weighted by atomic mass is 9.96. The Morgan fingerprint density at radius 2 is 1.89 bits per heavy atom. The molecule has 0 unspecified atom stereocenters. The summed E-state index contributed by atoms with van der Waals surface area (Å²) in [5.74, 6) is 0.304. The zero-order valence-corrected chi connectivity index (χ0v) is 18.6.